The van der Waals surface area contributed by atoms with E-state index in [2.05, 4.69) is 10.3 Å². The maximum absolute atomic E-state index is 13.7. The lowest BCUT2D eigenvalue weighted by molar-refractivity contribution is -0.118. The van der Waals surface area contributed by atoms with Gasteiger partial charge in [-0.05, 0) is 0 Å². The predicted molar refractivity (Wildman–Crippen MR) is 79.4 cm³/mol. The van der Waals surface area contributed by atoms with Gasteiger partial charge in [-0.15, -0.1) is 11.6 Å². The zero-order valence-corrected chi connectivity index (χ0v) is 12.7. The van der Waals surface area contributed by atoms with Crippen LogP contribution < -0.4 is 10.1 Å². The van der Waals surface area contributed by atoms with Gasteiger partial charge in [0.25, 0.3) is 0 Å². The number of fused-ring (bicyclic) bond motifs is 1. The van der Waals surface area contributed by atoms with Crippen molar-refractivity contribution in [1.29, 1.82) is 0 Å². The molecule has 1 aromatic carbocycles. The number of nitrogens with zero attached hydrogens (tertiary/aromatic N) is 2. The highest BCUT2D eigenvalue weighted by Crippen LogP contribution is 2.25. The van der Waals surface area contributed by atoms with E-state index in [1.807, 2.05) is 4.57 Å². The molecule has 0 bridgehead atoms. The van der Waals surface area contributed by atoms with E-state index in [9.17, 15) is 9.18 Å². The van der Waals surface area contributed by atoms with Crippen molar-refractivity contribution in [2.24, 2.45) is 0 Å². The predicted octanol–water partition coefficient (Wildman–Crippen LogP) is 2.10. The van der Waals surface area contributed by atoms with Crippen LogP contribution in [0.1, 0.15) is 12.7 Å². The van der Waals surface area contributed by atoms with Crippen molar-refractivity contribution in [3.05, 3.63) is 23.8 Å². The van der Waals surface area contributed by atoms with Crippen LogP contribution in [0.15, 0.2) is 12.1 Å². The molecule has 1 heterocycles. The second-order valence-electron chi connectivity index (χ2n) is 4.58. The third kappa shape index (κ3) is 3.44. The molecule has 1 amide bonds. The molecule has 2 aromatic rings. The smallest absolute Gasteiger partial charge is 0.216 e. The molecule has 0 aliphatic rings. The lowest BCUT2D eigenvalue weighted by Gasteiger charge is -2.09. The van der Waals surface area contributed by atoms with Crippen LogP contribution in [-0.2, 0) is 17.8 Å². The van der Waals surface area contributed by atoms with Gasteiger partial charge in [-0.2, -0.15) is 0 Å². The number of hydrogen-bond acceptors (Lipinski definition) is 3. The lowest BCUT2D eigenvalue weighted by Crippen LogP contribution is -2.25. The van der Waals surface area contributed by atoms with Gasteiger partial charge in [0.2, 0.25) is 5.91 Å². The molecule has 5 nitrogen and oxygen atoms in total. The van der Waals surface area contributed by atoms with Gasteiger partial charge in [-0.25, -0.2) is 9.37 Å². The van der Waals surface area contributed by atoms with Crippen LogP contribution in [0.3, 0.4) is 0 Å². The Bertz CT molecular complexity index is 657. The highest BCUT2D eigenvalue weighted by molar-refractivity contribution is 6.17. The Balaban J connectivity index is 2.42. The molecular weight excluding hydrogens is 297 g/mol. The number of hydrogen-bond donors (Lipinski definition) is 1. The average Bonchev–Trinajstić information content (AvgIpc) is 2.75. The van der Waals surface area contributed by atoms with Gasteiger partial charge < -0.3 is 14.6 Å². The molecule has 21 heavy (non-hydrogen) atoms. The molecule has 1 aromatic heterocycles. The fourth-order valence-corrected chi connectivity index (χ4v) is 2.37. The number of aryl methyl sites for hydroxylation is 1. The number of ether oxygens (including phenoxy) is 1. The number of benzene rings is 1. The van der Waals surface area contributed by atoms with Crippen LogP contribution in [0.2, 0.25) is 0 Å². The molecule has 0 saturated carbocycles. The first kappa shape index (κ1) is 15.6. The minimum absolute atomic E-state index is 0.0954. The Morgan fingerprint density at radius 1 is 1.52 bits per heavy atom. The van der Waals surface area contributed by atoms with Crippen molar-refractivity contribution >= 4 is 28.5 Å². The van der Waals surface area contributed by atoms with E-state index in [-0.39, 0.29) is 11.7 Å². The zero-order chi connectivity index (χ0) is 15.4. The van der Waals surface area contributed by atoms with Crippen molar-refractivity contribution in [2.75, 3.05) is 19.5 Å². The summed E-state index contributed by atoms with van der Waals surface area (Å²) in [6, 6.07) is 2.96. The Morgan fingerprint density at radius 3 is 2.90 bits per heavy atom. The van der Waals surface area contributed by atoms with Crippen molar-refractivity contribution in [1.82, 2.24) is 14.9 Å². The quantitative estimate of drug-likeness (QED) is 0.831. The summed E-state index contributed by atoms with van der Waals surface area (Å²) in [5.74, 6) is 0.803. The fourth-order valence-electron chi connectivity index (χ4n) is 2.20. The molecule has 0 aliphatic carbocycles. The van der Waals surface area contributed by atoms with E-state index >= 15 is 0 Å². The van der Waals surface area contributed by atoms with Gasteiger partial charge in [0.15, 0.2) is 11.6 Å². The summed E-state index contributed by atoms with van der Waals surface area (Å²) in [5.41, 5.74) is 1.31. The molecule has 0 spiro atoms. The van der Waals surface area contributed by atoms with Crippen LogP contribution in [0.25, 0.3) is 11.0 Å². The second-order valence-corrected chi connectivity index (χ2v) is 4.96. The third-order valence-corrected chi connectivity index (χ3v) is 3.32. The first-order chi connectivity index (χ1) is 10.1. The standard InChI is InChI=1S/C14H17ClFN3O2/c1-9(20)17-5-6-19-12-8-13(21-2)10(16)7-11(12)18-14(19)3-4-15/h7-8H,3-6H2,1-2H3,(H,17,20). The van der Waals surface area contributed by atoms with Gasteiger partial charge in [0.1, 0.15) is 5.82 Å². The van der Waals surface area contributed by atoms with Gasteiger partial charge in [0.05, 0.1) is 18.1 Å². The molecule has 0 radical (unpaired) electrons. The van der Waals surface area contributed by atoms with Gasteiger partial charge in [-0.3, -0.25) is 4.79 Å². The van der Waals surface area contributed by atoms with E-state index in [0.717, 1.165) is 11.3 Å². The monoisotopic (exact) mass is 313 g/mol. The van der Waals surface area contributed by atoms with Crippen LogP contribution in [0, 0.1) is 5.82 Å². The lowest BCUT2D eigenvalue weighted by atomic mass is 10.3. The molecule has 0 fully saturated rings. The summed E-state index contributed by atoms with van der Waals surface area (Å²) in [6.07, 6.45) is 0.570. The zero-order valence-electron chi connectivity index (χ0n) is 11.9. The number of carbonyl (C=O) groups excluding carboxylic acids is 1. The minimum Gasteiger partial charge on any atom is -0.494 e. The van der Waals surface area contributed by atoms with E-state index in [1.165, 1.54) is 20.1 Å². The van der Waals surface area contributed by atoms with Crippen molar-refractivity contribution < 1.29 is 13.9 Å². The number of amides is 1. The number of rotatable bonds is 6. The first-order valence-electron chi connectivity index (χ1n) is 6.60. The van der Waals surface area contributed by atoms with Gasteiger partial charge in [-0.1, -0.05) is 0 Å². The van der Waals surface area contributed by atoms with Crippen LogP contribution >= 0.6 is 11.6 Å². The van der Waals surface area contributed by atoms with Crippen LogP contribution in [0.5, 0.6) is 5.75 Å². The number of carbonyl (C=O) groups is 1. The first-order valence-corrected chi connectivity index (χ1v) is 7.13. The molecule has 0 aliphatic heterocycles. The normalized spacial score (nSPS) is 10.9. The number of nitrogens with one attached hydrogen (secondary N) is 1. The molecule has 0 saturated heterocycles. The highest BCUT2D eigenvalue weighted by Gasteiger charge is 2.14. The van der Waals surface area contributed by atoms with E-state index in [1.54, 1.807) is 6.07 Å². The fraction of sp³-hybridized carbons (Fsp3) is 0.429. The van der Waals surface area contributed by atoms with Crippen LogP contribution in [0.4, 0.5) is 4.39 Å². The van der Waals surface area contributed by atoms with E-state index < -0.39 is 5.82 Å². The second kappa shape index (κ2) is 6.76. The average molecular weight is 314 g/mol. The van der Waals surface area contributed by atoms with Crippen LogP contribution in [-0.4, -0.2) is 35.0 Å². The summed E-state index contributed by atoms with van der Waals surface area (Å²) in [5, 5.41) is 2.73. The third-order valence-electron chi connectivity index (χ3n) is 3.13. The Morgan fingerprint density at radius 2 is 2.29 bits per heavy atom. The topological polar surface area (TPSA) is 56.1 Å². The summed E-state index contributed by atoms with van der Waals surface area (Å²) in [6.45, 7) is 2.47. The molecule has 0 unspecified atom stereocenters. The summed E-state index contributed by atoms with van der Waals surface area (Å²) in [7, 11) is 1.42. The summed E-state index contributed by atoms with van der Waals surface area (Å²) in [4.78, 5) is 15.4. The highest BCUT2D eigenvalue weighted by atomic mass is 35.5. The number of methoxy groups -OCH3 is 1. The van der Waals surface area contributed by atoms with E-state index in [4.69, 9.17) is 16.3 Å². The van der Waals surface area contributed by atoms with Crippen molar-refractivity contribution in [2.45, 2.75) is 19.9 Å². The number of halogens is 2. The van der Waals surface area contributed by atoms with Crippen molar-refractivity contribution in [3.63, 3.8) is 0 Å². The summed E-state index contributed by atoms with van der Waals surface area (Å²) >= 11 is 5.79. The van der Waals surface area contributed by atoms with Gasteiger partial charge in [0, 0.05) is 44.4 Å². The Kier molecular flexibility index (Phi) is 5.01. The maximum atomic E-state index is 13.7. The molecule has 7 heteroatoms. The van der Waals surface area contributed by atoms with Crippen molar-refractivity contribution in [3.8, 4) is 5.75 Å². The van der Waals surface area contributed by atoms with E-state index in [0.29, 0.717) is 30.9 Å². The molecule has 2 rings (SSSR count). The molecular formula is C14H17ClFN3O2. The Labute approximate surface area is 127 Å². The molecule has 114 valence electrons. The number of alkyl halides is 1. The maximum Gasteiger partial charge on any atom is 0.216 e. The number of aromatic nitrogens is 2. The summed E-state index contributed by atoms with van der Waals surface area (Å²) < 4.78 is 20.7. The Hall–Kier alpha value is -1.82. The minimum atomic E-state index is -0.450. The largest absolute Gasteiger partial charge is 0.494 e. The molecule has 0 atom stereocenters. The molecule has 1 N–H and O–H groups in total. The number of imidazole rings is 1. The SMILES string of the molecule is COc1cc2c(cc1F)nc(CCCl)n2CCNC(C)=O. The van der Waals surface area contributed by atoms with Gasteiger partial charge >= 0.3 is 0 Å².